The minimum Gasteiger partial charge on any atom is -0.497 e. The number of aromatic nitrogens is 2. The Morgan fingerprint density at radius 2 is 1.84 bits per heavy atom. The quantitative estimate of drug-likeness (QED) is 0.350. The van der Waals surface area contributed by atoms with Crippen LogP contribution in [0.5, 0.6) is 11.5 Å². The summed E-state index contributed by atoms with van der Waals surface area (Å²) in [4.78, 5) is 24.9. The van der Waals surface area contributed by atoms with E-state index in [2.05, 4.69) is 4.98 Å². The Kier molecular flexibility index (Phi) is 6.69. The van der Waals surface area contributed by atoms with E-state index in [4.69, 9.17) is 14.5 Å². The molecule has 31 heavy (non-hydrogen) atoms. The Bertz CT molecular complexity index is 1160. The van der Waals surface area contributed by atoms with E-state index in [0.717, 1.165) is 32.2 Å². The lowest BCUT2D eigenvalue weighted by molar-refractivity contribution is -0.116. The largest absolute Gasteiger partial charge is 0.497 e. The number of methoxy groups -OCH3 is 2. The number of amides is 1. The van der Waals surface area contributed by atoms with Gasteiger partial charge in [-0.1, -0.05) is 17.4 Å². The molecule has 2 heterocycles. The van der Waals surface area contributed by atoms with Gasteiger partial charge in [0.1, 0.15) is 11.5 Å². The second kappa shape index (κ2) is 9.80. The van der Waals surface area contributed by atoms with Crippen LogP contribution < -0.4 is 14.4 Å². The second-order valence-electron chi connectivity index (χ2n) is 6.64. The zero-order chi connectivity index (χ0) is 21.6. The van der Waals surface area contributed by atoms with E-state index in [1.54, 1.807) is 31.5 Å². The SMILES string of the molecule is COc1ccc(SCC(=O)N(Cc2cccnc2)c2nc3ccc(OC)cc3s2)cc1. The standard InChI is InChI=1S/C23H21N3O3S2/c1-28-17-5-8-19(9-6-17)30-15-22(27)26(14-16-4-3-11-24-13-16)23-25-20-10-7-18(29-2)12-21(20)31-23/h3-13H,14-15H2,1-2H3. The lowest BCUT2D eigenvalue weighted by Crippen LogP contribution is -2.31. The zero-order valence-corrected chi connectivity index (χ0v) is 18.8. The minimum absolute atomic E-state index is 0.0179. The molecule has 0 fully saturated rings. The average molecular weight is 452 g/mol. The molecule has 0 saturated heterocycles. The average Bonchev–Trinajstić information content (AvgIpc) is 3.25. The molecule has 2 aromatic carbocycles. The van der Waals surface area contributed by atoms with E-state index in [-0.39, 0.29) is 5.91 Å². The topological polar surface area (TPSA) is 64.5 Å². The van der Waals surface area contributed by atoms with Crippen LogP contribution in [0.4, 0.5) is 5.13 Å². The third-order valence-electron chi connectivity index (χ3n) is 4.60. The molecule has 0 aliphatic rings. The first kappa shape index (κ1) is 21.1. The summed E-state index contributed by atoms with van der Waals surface area (Å²) >= 11 is 2.97. The molecule has 0 unspecified atom stereocenters. The summed E-state index contributed by atoms with van der Waals surface area (Å²) in [5.74, 6) is 1.84. The Morgan fingerprint density at radius 1 is 1.06 bits per heavy atom. The number of carbonyl (C=O) groups excluding carboxylic acids is 1. The van der Waals surface area contributed by atoms with Crippen LogP contribution in [0.3, 0.4) is 0 Å². The number of anilines is 1. The zero-order valence-electron chi connectivity index (χ0n) is 17.1. The molecular formula is C23H21N3O3S2. The first-order valence-corrected chi connectivity index (χ1v) is 11.4. The van der Waals surface area contributed by atoms with Crippen LogP contribution in [0.15, 0.2) is 71.9 Å². The fourth-order valence-corrected chi connectivity index (χ4v) is 4.75. The molecule has 8 heteroatoms. The maximum absolute atomic E-state index is 13.2. The van der Waals surface area contributed by atoms with Crippen LogP contribution in [0.25, 0.3) is 10.2 Å². The number of rotatable bonds is 8. The number of carbonyl (C=O) groups is 1. The van der Waals surface area contributed by atoms with E-state index >= 15 is 0 Å². The lowest BCUT2D eigenvalue weighted by atomic mass is 10.2. The Hall–Kier alpha value is -3.10. The van der Waals surface area contributed by atoms with Gasteiger partial charge >= 0.3 is 0 Å². The van der Waals surface area contributed by atoms with E-state index in [1.807, 2.05) is 54.6 Å². The van der Waals surface area contributed by atoms with Crippen molar-refractivity contribution in [3.63, 3.8) is 0 Å². The Labute approximate surface area is 188 Å². The van der Waals surface area contributed by atoms with Crippen molar-refractivity contribution in [3.05, 3.63) is 72.6 Å². The van der Waals surface area contributed by atoms with E-state index in [0.29, 0.717) is 17.4 Å². The molecule has 0 radical (unpaired) electrons. The molecule has 2 aromatic heterocycles. The Morgan fingerprint density at radius 3 is 2.55 bits per heavy atom. The first-order valence-electron chi connectivity index (χ1n) is 9.57. The van der Waals surface area contributed by atoms with Crippen molar-refractivity contribution < 1.29 is 14.3 Å². The molecule has 0 atom stereocenters. The van der Waals surface area contributed by atoms with Crippen LogP contribution >= 0.6 is 23.1 Å². The van der Waals surface area contributed by atoms with Crippen molar-refractivity contribution in [2.24, 2.45) is 0 Å². The molecular weight excluding hydrogens is 430 g/mol. The summed E-state index contributed by atoms with van der Waals surface area (Å²) < 4.78 is 11.5. The molecule has 0 N–H and O–H groups in total. The molecule has 0 aliphatic carbocycles. The number of thiazole rings is 1. The summed E-state index contributed by atoms with van der Waals surface area (Å²) in [6, 6.07) is 17.2. The minimum atomic E-state index is -0.0179. The van der Waals surface area contributed by atoms with E-state index in [9.17, 15) is 4.79 Å². The molecule has 0 saturated carbocycles. The fourth-order valence-electron chi connectivity index (χ4n) is 2.97. The maximum Gasteiger partial charge on any atom is 0.239 e. The second-order valence-corrected chi connectivity index (χ2v) is 8.69. The summed E-state index contributed by atoms with van der Waals surface area (Å²) in [6.45, 7) is 0.410. The molecule has 4 rings (SSSR count). The van der Waals surface area contributed by atoms with E-state index < -0.39 is 0 Å². The summed E-state index contributed by atoms with van der Waals surface area (Å²) in [5, 5.41) is 0.660. The molecule has 0 aliphatic heterocycles. The van der Waals surface area contributed by atoms with Crippen molar-refractivity contribution in [2.45, 2.75) is 11.4 Å². The van der Waals surface area contributed by atoms with Crippen LogP contribution in [0.2, 0.25) is 0 Å². The predicted molar refractivity (Wildman–Crippen MR) is 125 cm³/mol. The third-order valence-corrected chi connectivity index (χ3v) is 6.64. The van der Waals surface area contributed by atoms with Gasteiger partial charge in [-0.05, 0) is 54.1 Å². The number of thioether (sulfide) groups is 1. The molecule has 158 valence electrons. The third kappa shape index (κ3) is 5.15. The lowest BCUT2D eigenvalue weighted by Gasteiger charge is -2.19. The van der Waals surface area contributed by atoms with Gasteiger partial charge in [-0.2, -0.15) is 0 Å². The van der Waals surface area contributed by atoms with Gasteiger partial charge in [-0.25, -0.2) is 4.98 Å². The molecule has 4 aromatic rings. The summed E-state index contributed by atoms with van der Waals surface area (Å²) in [5.41, 5.74) is 1.79. The molecule has 0 spiro atoms. The van der Waals surface area contributed by atoms with Crippen LogP contribution in [-0.4, -0.2) is 35.8 Å². The first-order chi connectivity index (χ1) is 15.2. The van der Waals surface area contributed by atoms with Crippen LogP contribution in [0, 0.1) is 0 Å². The number of benzene rings is 2. The van der Waals surface area contributed by atoms with Gasteiger partial charge in [-0.15, -0.1) is 11.8 Å². The fraction of sp³-hybridized carbons (Fsp3) is 0.174. The van der Waals surface area contributed by atoms with Crippen molar-refractivity contribution in [1.29, 1.82) is 0 Å². The number of fused-ring (bicyclic) bond motifs is 1. The number of nitrogens with zero attached hydrogens (tertiary/aromatic N) is 3. The highest BCUT2D eigenvalue weighted by Crippen LogP contribution is 2.33. The van der Waals surface area contributed by atoms with Crippen molar-refractivity contribution in [3.8, 4) is 11.5 Å². The highest BCUT2D eigenvalue weighted by Gasteiger charge is 2.21. The van der Waals surface area contributed by atoms with Gasteiger partial charge < -0.3 is 9.47 Å². The van der Waals surface area contributed by atoms with Gasteiger partial charge in [0.2, 0.25) is 5.91 Å². The van der Waals surface area contributed by atoms with Crippen molar-refractivity contribution in [2.75, 3.05) is 24.9 Å². The summed E-state index contributed by atoms with van der Waals surface area (Å²) in [7, 11) is 3.27. The van der Waals surface area contributed by atoms with Gasteiger partial charge in [0.25, 0.3) is 0 Å². The van der Waals surface area contributed by atoms with Gasteiger partial charge in [0, 0.05) is 17.3 Å². The van der Waals surface area contributed by atoms with Gasteiger partial charge in [0.15, 0.2) is 5.13 Å². The number of hydrogen-bond acceptors (Lipinski definition) is 7. The molecule has 0 bridgehead atoms. The number of hydrogen-bond donors (Lipinski definition) is 0. The maximum atomic E-state index is 13.2. The van der Waals surface area contributed by atoms with Gasteiger partial charge in [0.05, 0.1) is 36.7 Å². The highest BCUT2D eigenvalue weighted by atomic mass is 32.2. The van der Waals surface area contributed by atoms with E-state index in [1.165, 1.54) is 23.1 Å². The monoisotopic (exact) mass is 451 g/mol. The summed E-state index contributed by atoms with van der Waals surface area (Å²) in [6.07, 6.45) is 3.49. The molecule has 1 amide bonds. The van der Waals surface area contributed by atoms with Crippen molar-refractivity contribution in [1.82, 2.24) is 9.97 Å². The molecule has 6 nitrogen and oxygen atoms in total. The Balaban J connectivity index is 1.58. The smallest absolute Gasteiger partial charge is 0.239 e. The highest BCUT2D eigenvalue weighted by molar-refractivity contribution is 8.00. The predicted octanol–water partition coefficient (Wildman–Crippen LogP) is 5.03. The van der Waals surface area contributed by atoms with Gasteiger partial charge in [-0.3, -0.25) is 14.7 Å². The number of pyridine rings is 1. The number of ether oxygens (including phenoxy) is 2. The van der Waals surface area contributed by atoms with Crippen LogP contribution in [-0.2, 0) is 11.3 Å². The van der Waals surface area contributed by atoms with Crippen molar-refractivity contribution >= 4 is 44.4 Å². The van der Waals surface area contributed by atoms with Crippen LogP contribution in [0.1, 0.15) is 5.56 Å². The normalized spacial score (nSPS) is 10.8.